The third-order valence-corrected chi connectivity index (χ3v) is 4.76. The van der Waals surface area contributed by atoms with Gasteiger partial charge in [0.15, 0.2) is 5.13 Å². The number of rotatable bonds is 6. The molecule has 2 heterocycles. The van der Waals surface area contributed by atoms with Crippen molar-refractivity contribution in [2.75, 3.05) is 11.1 Å². The van der Waals surface area contributed by atoms with Gasteiger partial charge in [0.25, 0.3) is 0 Å². The van der Waals surface area contributed by atoms with Crippen LogP contribution < -0.4 is 5.32 Å². The number of carbonyl (C=O) groups excluding carboxylic acids is 1. The number of hydrogen-bond acceptors (Lipinski definition) is 9. The minimum absolute atomic E-state index is 0.0413. The molecule has 0 unspecified atom stereocenters. The minimum atomic E-state index is -0.558. The van der Waals surface area contributed by atoms with Gasteiger partial charge in [-0.1, -0.05) is 29.5 Å². The predicted octanol–water partition coefficient (Wildman–Crippen LogP) is 2.07. The number of thioether (sulfide) groups is 1. The molecule has 0 saturated carbocycles. The summed E-state index contributed by atoms with van der Waals surface area (Å²) in [5.41, 5.74) is 1.90. The molecule has 1 N–H and O–H groups in total. The third kappa shape index (κ3) is 4.16. The molecule has 25 heavy (non-hydrogen) atoms. The zero-order chi connectivity index (χ0) is 17.8. The molecule has 0 fully saturated rings. The highest BCUT2D eigenvalue weighted by atomic mass is 32.2. The van der Waals surface area contributed by atoms with E-state index in [4.69, 9.17) is 0 Å². The van der Waals surface area contributed by atoms with Crippen LogP contribution in [0.2, 0.25) is 0 Å². The average molecular weight is 377 g/mol. The van der Waals surface area contributed by atoms with Crippen LogP contribution >= 0.6 is 23.1 Å². The molecule has 12 heteroatoms. The van der Waals surface area contributed by atoms with Crippen LogP contribution in [0.15, 0.2) is 35.6 Å². The summed E-state index contributed by atoms with van der Waals surface area (Å²) >= 11 is 1.95. The molecule has 0 aliphatic rings. The van der Waals surface area contributed by atoms with Crippen LogP contribution in [0.25, 0.3) is 5.69 Å². The maximum atomic E-state index is 12.0. The Morgan fingerprint density at radius 1 is 1.40 bits per heavy atom. The van der Waals surface area contributed by atoms with E-state index in [0.29, 0.717) is 5.16 Å². The molecule has 10 nitrogen and oxygen atoms in total. The van der Waals surface area contributed by atoms with Crippen LogP contribution in [-0.4, -0.2) is 41.8 Å². The van der Waals surface area contributed by atoms with Crippen molar-refractivity contribution >= 4 is 39.1 Å². The third-order valence-electron chi connectivity index (χ3n) is 2.97. The van der Waals surface area contributed by atoms with Gasteiger partial charge in [-0.15, -0.1) is 5.10 Å². The number of anilines is 1. The van der Waals surface area contributed by atoms with E-state index in [1.807, 2.05) is 31.2 Å². The molecule has 2 aromatic heterocycles. The molecule has 1 aromatic carbocycles. The van der Waals surface area contributed by atoms with Crippen LogP contribution in [0.3, 0.4) is 0 Å². The van der Waals surface area contributed by atoms with E-state index >= 15 is 0 Å². The Hall–Kier alpha value is -2.86. The van der Waals surface area contributed by atoms with Gasteiger partial charge in [0.05, 0.1) is 16.4 Å². The lowest BCUT2D eigenvalue weighted by Gasteiger charge is -2.04. The second-order valence-electron chi connectivity index (χ2n) is 4.81. The SMILES string of the molecule is Cc1ccc(-n2nnnc2SCC(=O)Nc2ncc([N+](=O)[O-])s2)cc1. The minimum Gasteiger partial charge on any atom is -0.301 e. The van der Waals surface area contributed by atoms with Crippen molar-refractivity contribution in [1.82, 2.24) is 25.2 Å². The van der Waals surface area contributed by atoms with Crippen molar-refractivity contribution in [2.45, 2.75) is 12.1 Å². The zero-order valence-electron chi connectivity index (χ0n) is 12.8. The maximum Gasteiger partial charge on any atom is 0.345 e. The molecule has 128 valence electrons. The highest BCUT2D eigenvalue weighted by Crippen LogP contribution is 2.25. The highest BCUT2D eigenvalue weighted by Gasteiger charge is 2.15. The summed E-state index contributed by atoms with van der Waals surface area (Å²) in [5, 5.41) is 25.1. The van der Waals surface area contributed by atoms with Gasteiger partial charge in [0.2, 0.25) is 11.1 Å². The number of amides is 1. The predicted molar refractivity (Wildman–Crippen MR) is 92.0 cm³/mol. The Kier molecular flexibility index (Phi) is 5.00. The number of aromatic nitrogens is 5. The molecule has 0 aliphatic heterocycles. The number of aryl methyl sites for hydroxylation is 1. The van der Waals surface area contributed by atoms with Gasteiger partial charge in [0, 0.05) is 0 Å². The number of hydrogen-bond donors (Lipinski definition) is 1. The second-order valence-corrected chi connectivity index (χ2v) is 6.76. The van der Waals surface area contributed by atoms with Crippen molar-refractivity contribution in [3.8, 4) is 5.69 Å². The highest BCUT2D eigenvalue weighted by molar-refractivity contribution is 7.99. The topological polar surface area (TPSA) is 129 Å². The number of carbonyl (C=O) groups is 1. The molecule has 0 aliphatic carbocycles. The first-order valence-electron chi connectivity index (χ1n) is 6.91. The van der Waals surface area contributed by atoms with Gasteiger partial charge >= 0.3 is 5.00 Å². The van der Waals surface area contributed by atoms with Crippen molar-refractivity contribution in [3.05, 3.63) is 46.1 Å². The van der Waals surface area contributed by atoms with E-state index in [-0.39, 0.29) is 21.8 Å². The Labute approximate surface area is 149 Å². The number of nitro groups is 1. The van der Waals surface area contributed by atoms with E-state index < -0.39 is 4.92 Å². The Balaban J connectivity index is 1.62. The number of nitrogens with one attached hydrogen (secondary N) is 1. The summed E-state index contributed by atoms with van der Waals surface area (Å²) in [6.45, 7) is 1.98. The molecule has 3 rings (SSSR count). The van der Waals surface area contributed by atoms with Gasteiger partial charge in [-0.3, -0.25) is 14.9 Å². The van der Waals surface area contributed by atoms with Gasteiger partial charge in [-0.2, -0.15) is 4.68 Å². The standard InChI is InChI=1S/C13H11N7O3S2/c1-8-2-4-9(5-3-8)19-13(16-17-18-19)24-7-10(21)15-12-14-6-11(25-12)20(22)23/h2-6H,7H2,1H3,(H,14,15,21). The van der Waals surface area contributed by atoms with Gasteiger partial charge < -0.3 is 5.32 Å². The first-order chi connectivity index (χ1) is 12.0. The average Bonchev–Trinajstić information content (AvgIpc) is 3.23. The lowest BCUT2D eigenvalue weighted by atomic mass is 10.2. The molecule has 0 atom stereocenters. The summed E-state index contributed by atoms with van der Waals surface area (Å²) in [5.74, 6) is -0.313. The molecular weight excluding hydrogens is 366 g/mol. The molecule has 0 spiro atoms. The summed E-state index contributed by atoms with van der Waals surface area (Å²) in [6, 6.07) is 7.64. The summed E-state index contributed by atoms with van der Waals surface area (Å²) in [6.07, 6.45) is 1.10. The van der Waals surface area contributed by atoms with E-state index in [9.17, 15) is 14.9 Å². The molecule has 0 radical (unpaired) electrons. The zero-order valence-corrected chi connectivity index (χ0v) is 14.5. The Morgan fingerprint density at radius 3 is 2.84 bits per heavy atom. The lowest BCUT2D eigenvalue weighted by Crippen LogP contribution is -2.14. The number of thiazole rings is 1. The van der Waals surface area contributed by atoms with Crippen LogP contribution in [0.5, 0.6) is 0 Å². The van der Waals surface area contributed by atoms with E-state index in [2.05, 4.69) is 25.8 Å². The van der Waals surface area contributed by atoms with Crippen molar-refractivity contribution in [3.63, 3.8) is 0 Å². The first-order valence-corrected chi connectivity index (χ1v) is 8.71. The fraction of sp³-hybridized carbons (Fsp3) is 0.154. The summed E-state index contributed by atoms with van der Waals surface area (Å²) < 4.78 is 1.53. The molecule has 0 bridgehead atoms. The monoisotopic (exact) mass is 377 g/mol. The van der Waals surface area contributed by atoms with Crippen molar-refractivity contribution < 1.29 is 9.72 Å². The van der Waals surface area contributed by atoms with E-state index in [0.717, 1.165) is 40.5 Å². The van der Waals surface area contributed by atoms with E-state index in [1.54, 1.807) is 0 Å². The van der Waals surface area contributed by atoms with Crippen molar-refractivity contribution in [2.24, 2.45) is 0 Å². The lowest BCUT2D eigenvalue weighted by molar-refractivity contribution is -0.380. The largest absolute Gasteiger partial charge is 0.345 e. The number of nitrogens with zero attached hydrogens (tertiary/aromatic N) is 6. The van der Waals surface area contributed by atoms with Gasteiger partial charge in [0.1, 0.15) is 6.20 Å². The Morgan fingerprint density at radius 2 is 2.16 bits per heavy atom. The fourth-order valence-corrected chi connectivity index (χ4v) is 3.15. The number of tetrazole rings is 1. The summed E-state index contributed by atoms with van der Waals surface area (Å²) in [7, 11) is 0. The maximum absolute atomic E-state index is 12.0. The van der Waals surface area contributed by atoms with Crippen molar-refractivity contribution in [1.29, 1.82) is 0 Å². The first kappa shape index (κ1) is 17.0. The molecule has 1 amide bonds. The Bertz CT molecular complexity index is 907. The fourth-order valence-electron chi connectivity index (χ4n) is 1.81. The normalized spacial score (nSPS) is 10.6. The molecule has 0 saturated heterocycles. The van der Waals surface area contributed by atoms with Gasteiger partial charge in [-0.05, 0) is 40.8 Å². The smallest absolute Gasteiger partial charge is 0.301 e. The van der Waals surface area contributed by atoms with Crippen LogP contribution in [0, 0.1) is 17.0 Å². The van der Waals surface area contributed by atoms with E-state index in [1.165, 1.54) is 4.68 Å². The quantitative estimate of drug-likeness (QED) is 0.393. The molecule has 3 aromatic rings. The second kappa shape index (κ2) is 7.36. The number of benzene rings is 1. The summed E-state index contributed by atoms with van der Waals surface area (Å²) in [4.78, 5) is 25.8. The van der Waals surface area contributed by atoms with Crippen LogP contribution in [0.4, 0.5) is 10.1 Å². The van der Waals surface area contributed by atoms with Gasteiger partial charge in [-0.25, -0.2) is 4.98 Å². The van der Waals surface area contributed by atoms with Crippen LogP contribution in [0.1, 0.15) is 5.56 Å². The van der Waals surface area contributed by atoms with Crippen LogP contribution in [-0.2, 0) is 4.79 Å². The molecular formula is C13H11N7O3S2.